The van der Waals surface area contributed by atoms with Crippen molar-refractivity contribution < 1.29 is 4.79 Å². The fourth-order valence-corrected chi connectivity index (χ4v) is 1.16. The number of isocyanates is 1. The maximum absolute atomic E-state index is 10.0. The molecule has 1 aromatic rings. The number of benzene rings is 1. The second-order valence-electron chi connectivity index (χ2n) is 2.69. The van der Waals surface area contributed by atoms with E-state index in [9.17, 15) is 4.79 Å². The molecule has 0 amide bonds. The van der Waals surface area contributed by atoms with Crippen LogP contribution in [-0.2, 0) is 11.2 Å². The summed E-state index contributed by atoms with van der Waals surface area (Å²) in [5, 5.41) is 0. The second-order valence-corrected chi connectivity index (χ2v) is 2.69. The van der Waals surface area contributed by atoms with Gasteiger partial charge in [-0.25, -0.2) is 4.79 Å². The highest BCUT2D eigenvalue weighted by Crippen LogP contribution is 2.20. The smallest absolute Gasteiger partial charge is 0.211 e. The molecule has 0 aliphatic rings. The lowest BCUT2D eigenvalue weighted by molar-refractivity contribution is 0.565. The normalized spacial score (nSPS) is 9.17. The quantitative estimate of drug-likeness (QED) is 0.484. The molecule has 0 fully saturated rings. The molecular weight excluding hydrogens is 150 g/mol. The number of carbonyl (C=O) groups excluding carboxylic acids is 1. The van der Waals surface area contributed by atoms with Gasteiger partial charge in [-0.2, -0.15) is 4.99 Å². The SMILES string of the molecule is CCc1cc(C)ccc1N=C=O. The van der Waals surface area contributed by atoms with Crippen LogP contribution in [0.4, 0.5) is 5.69 Å². The van der Waals surface area contributed by atoms with Gasteiger partial charge in [0.2, 0.25) is 6.08 Å². The van der Waals surface area contributed by atoms with Crippen LogP contribution in [0.1, 0.15) is 18.1 Å². The van der Waals surface area contributed by atoms with E-state index in [1.807, 2.05) is 32.0 Å². The lowest BCUT2D eigenvalue weighted by atomic mass is 10.1. The molecule has 12 heavy (non-hydrogen) atoms. The minimum absolute atomic E-state index is 0.734. The molecule has 0 unspecified atom stereocenters. The Hall–Kier alpha value is -1.40. The molecule has 0 saturated heterocycles. The van der Waals surface area contributed by atoms with E-state index in [1.54, 1.807) is 6.08 Å². The van der Waals surface area contributed by atoms with Gasteiger partial charge in [-0.3, -0.25) is 0 Å². The molecule has 0 radical (unpaired) electrons. The summed E-state index contributed by atoms with van der Waals surface area (Å²) >= 11 is 0. The first-order chi connectivity index (χ1) is 5.77. The van der Waals surface area contributed by atoms with E-state index in [1.165, 1.54) is 5.56 Å². The Morgan fingerprint density at radius 3 is 2.83 bits per heavy atom. The predicted molar refractivity (Wildman–Crippen MR) is 48.3 cm³/mol. The van der Waals surface area contributed by atoms with Gasteiger partial charge in [-0.1, -0.05) is 24.6 Å². The molecule has 0 aliphatic heterocycles. The zero-order chi connectivity index (χ0) is 8.97. The van der Waals surface area contributed by atoms with E-state index >= 15 is 0 Å². The van der Waals surface area contributed by atoms with Crippen LogP contribution in [-0.4, -0.2) is 6.08 Å². The number of nitrogens with zero attached hydrogens (tertiary/aromatic N) is 1. The van der Waals surface area contributed by atoms with E-state index in [4.69, 9.17) is 0 Å². The van der Waals surface area contributed by atoms with Crippen molar-refractivity contribution in [3.63, 3.8) is 0 Å². The second kappa shape index (κ2) is 3.84. The Kier molecular flexibility index (Phi) is 2.78. The third-order valence-corrected chi connectivity index (χ3v) is 1.78. The Balaban J connectivity index is 3.19. The average molecular weight is 161 g/mol. The first-order valence-electron chi connectivity index (χ1n) is 3.95. The van der Waals surface area contributed by atoms with Crippen molar-refractivity contribution in [2.24, 2.45) is 4.99 Å². The topological polar surface area (TPSA) is 29.4 Å². The molecular formula is C10H11NO. The van der Waals surface area contributed by atoms with Gasteiger partial charge >= 0.3 is 0 Å². The summed E-state index contributed by atoms with van der Waals surface area (Å²) in [6.45, 7) is 4.06. The molecule has 62 valence electrons. The van der Waals surface area contributed by atoms with Crippen LogP contribution in [0.2, 0.25) is 0 Å². The maximum Gasteiger partial charge on any atom is 0.240 e. The van der Waals surface area contributed by atoms with Gasteiger partial charge in [0.1, 0.15) is 0 Å². The number of hydrogen-bond donors (Lipinski definition) is 0. The Labute approximate surface area is 71.9 Å². The van der Waals surface area contributed by atoms with Crippen LogP contribution >= 0.6 is 0 Å². The Morgan fingerprint density at radius 1 is 1.50 bits per heavy atom. The van der Waals surface area contributed by atoms with Gasteiger partial charge in [0.15, 0.2) is 0 Å². The van der Waals surface area contributed by atoms with E-state index in [0.29, 0.717) is 0 Å². The van der Waals surface area contributed by atoms with Crippen LogP contribution in [0.15, 0.2) is 23.2 Å². The molecule has 0 aromatic heterocycles. The number of hydrogen-bond acceptors (Lipinski definition) is 2. The van der Waals surface area contributed by atoms with Gasteiger partial charge in [-0.15, -0.1) is 0 Å². The molecule has 0 heterocycles. The Morgan fingerprint density at radius 2 is 2.25 bits per heavy atom. The number of aliphatic imine (C=N–C) groups is 1. The van der Waals surface area contributed by atoms with Gasteiger partial charge in [0.25, 0.3) is 0 Å². The fraction of sp³-hybridized carbons (Fsp3) is 0.300. The van der Waals surface area contributed by atoms with Gasteiger partial charge in [0, 0.05) is 0 Å². The first-order valence-corrected chi connectivity index (χ1v) is 3.95. The zero-order valence-electron chi connectivity index (χ0n) is 7.29. The summed E-state index contributed by atoms with van der Waals surface area (Å²) < 4.78 is 0. The Bertz CT molecular complexity index is 325. The van der Waals surface area contributed by atoms with Crippen molar-refractivity contribution >= 4 is 11.8 Å². The molecule has 0 saturated carbocycles. The van der Waals surface area contributed by atoms with Crippen LogP contribution < -0.4 is 0 Å². The average Bonchev–Trinajstić information content (AvgIpc) is 2.08. The number of aryl methyl sites for hydroxylation is 2. The lowest BCUT2D eigenvalue weighted by Gasteiger charge is -2.01. The first kappa shape index (κ1) is 8.69. The monoisotopic (exact) mass is 161 g/mol. The van der Waals surface area contributed by atoms with Gasteiger partial charge in [0.05, 0.1) is 5.69 Å². The highest BCUT2D eigenvalue weighted by molar-refractivity contribution is 5.54. The minimum Gasteiger partial charge on any atom is -0.211 e. The summed E-state index contributed by atoms with van der Waals surface area (Å²) in [5.41, 5.74) is 3.02. The minimum atomic E-state index is 0.734. The zero-order valence-corrected chi connectivity index (χ0v) is 7.29. The van der Waals surface area contributed by atoms with Crippen LogP contribution in [0.5, 0.6) is 0 Å². The molecule has 0 bridgehead atoms. The molecule has 1 aromatic carbocycles. The maximum atomic E-state index is 10.0. The van der Waals surface area contributed by atoms with Crippen molar-refractivity contribution in [3.8, 4) is 0 Å². The summed E-state index contributed by atoms with van der Waals surface area (Å²) in [4.78, 5) is 13.6. The fourth-order valence-electron chi connectivity index (χ4n) is 1.16. The van der Waals surface area contributed by atoms with Crippen molar-refractivity contribution in [1.29, 1.82) is 0 Å². The molecule has 2 nitrogen and oxygen atoms in total. The molecule has 0 spiro atoms. The predicted octanol–water partition coefficient (Wildman–Crippen LogP) is 2.52. The third-order valence-electron chi connectivity index (χ3n) is 1.78. The summed E-state index contributed by atoms with van der Waals surface area (Å²) in [5.74, 6) is 0. The van der Waals surface area contributed by atoms with Crippen molar-refractivity contribution in [1.82, 2.24) is 0 Å². The largest absolute Gasteiger partial charge is 0.240 e. The third kappa shape index (κ3) is 1.80. The van der Waals surface area contributed by atoms with E-state index in [2.05, 4.69) is 4.99 Å². The number of rotatable bonds is 2. The molecule has 0 aliphatic carbocycles. The van der Waals surface area contributed by atoms with Gasteiger partial charge in [-0.05, 0) is 25.0 Å². The van der Waals surface area contributed by atoms with Crippen molar-refractivity contribution in [2.45, 2.75) is 20.3 Å². The van der Waals surface area contributed by atoms with Crippen LogP contribution in [0.3, 0.4) is 0 Å². The summed E-state index contributed by atoms with van der Waals surface area (Å²) in [6, 6.07) is 5.82. The van der Waals surface area contributed by atoms with Crippen molar-refractivity contribution in [3.05, 3.63) is 29.3 Å². The van der Waals surface area contributed by atoms with Crippen LogP contribution in [0.25, 0.3) is 0 Å². The van der Waals surface area contributed by atoms with E-state index < -0.39 is 0 Å². The highest BCUT2D eigenvalue weighted by atomic mass is 16.1. The lowest BCUT2D eigenvalue weighted by Crippen LogP contribution is -1.82. The molecule has 2 heteroatoms. The van der Waals surface area contributed by atoms with Crippen molar-refractivity contribution in [2.75, 3.05) is 0 Å². The standard InChI is InChI=1S/C10H11NO/c1-3-9-6-8(2)4-5-10(9)11-7-12/h4-6H,3H2,1-2H3. The van der Waals surface area contributed by atoms with E-state index in [0.717, 1.165) is 17.7 Å². The van der Waals surface area contributed by atoms with Crippen LogP contribution in [0, 0.1) is 6.92 Å². The molecule has 0 atom stereocenters. The van der Waals surface area contributed by atoms with Gasteiger partial charge < -0.3 is 0 Å². The summed E-state index contributed by atoms with van der Waals surface area (Å²) in [7, 11) is 0. The highest BCUT2D eigenvalue weighted by Gasteiger charge is 1.98. The molecule has 1 rings (SSSR count). The molecule has 0 N–H and O–H groups in total. The summed E-state index contributed by atoms with van der Waals surface area (Å²) in [6.07, 6.45) is 2.44. The van der Waals surface area contributed by atoms with E-state index in [-0.39, 0.29) is 0 Å².